The van der Waals surface area contributed by atoms with Crippen LogP contribution >= 0.6 is 0 Å². The average molecular weight is 435 g/mol. The molecule has 0 aliphatic carbocycles. The molecule has 5 N–H and O–H groups in total. The first-order valence-corrected chi connectivity index (χ1v) is 10.7. The second-order valence-electron chi connectivity index (χ2n) is 9.30. The summed E-state index contributed by atoms with van der Waals surface area (Å²) in [6.45, 7) is 9.94. The van der Waals surface area contributed by atoms with E-state index in [1.54, 1.807) is 5.48 Å². The summed E-state index contributed by atoms with van der Waals surface area (Å²) in [5.74, 6) is -2.03. The van der Waals surface area contributed by atoms with E-state index in [2.05, 4.69) is 16.0 Å². The lowest BCUT2D eigenvalue weighted by atomic mass is 9.84. The van der Waals surface area contributed by atoms with Crippen LogP contribution in [-0.2, 0) is 20.8 Å². The van der Waals surface area contributed by atoms with E-state index in [-0.39, 0.29) is 11.8 Å². The normalized spacial score (nSPS) is 14.5. The molecule has 31 heavy (non-hydrogen) atoms. The molecule has 0 fully saturated rings. The molecule has 0 saturated heterocycles. The van der Waals surface area contributed by atoms with E-state index in [0.717, 1.165) is 5.56 Å². The quantitative estimate of drug-likeness (QED) is 0.268. The molecule has 8 nitrogen and oxygen atoms in total. The Morgan fingerprint density at radius 1 is 1.00 bits per heavy atom. The summed E-state index contributed by atoms with van der Waals surface area (Å²) in [6, 6.07) is 8.07. The minimum atomic E-state index is -0.943. The lowest BCUT2D eigenvalue weighted by molar-refractivity contribution is -0.139. The monoisotopic (exact) mass is 434 g/mol. The van der Waals surface area contributed by atoms with E-state index in [9.17, 15) is 19.6 Å². The Kier molecular flexibility index (Phi) is 10.6. The molecule has 0 aliphatic rings. The minimum absolute atomic E-state index is 0.119. The van der Waals surface area contributed by atoms with Crippen LogP contribution in [0, 0.1) is 17.3 Å². The van der Waals surface area contributed by atoms with Gasteiger partial charge in [0, 0.05) is 7.05 Å². The number of nitrogens with one attached hydrogen (secondary N) is 4. The molecule has 8 heteroatoms. The summed E-state index contributed by atoms with van der Waals surface area (Å²) < 4.78 is 0. The fourth-order valence-electron chi connectivity index (χ4n) is 3.48. The maximum absolute atomic E-state index is 13.3. The zero-order valence-electron chi connectivity index (χ0n) is 19.5. The molecule has 0 saturated carbocycles. The third-order valence-electron chi connectivity index (χ3n) is 5.14. The number of hydroxylamine groups is 1. The summed E-state index contributed by atoms with van der Waals surface area (Å²) in [6.07, 6.45) is 1.07. The third kappa shape index (κ3) is 8.67. The lowest BCUT2D eigenvalue weighted by Crippen LogP contribution is -2.58. The van der Waals surface area contributed by atoms with Gasteiger partial charge in [0.15, 0.2) is 0 Å². The van der Waals surface area contributed by atoms with Crippen molar-refractivity contribution in [2.45, 2.75) is 59.5 Å². The SMILES string of the molecule is CNC(=O)[C@@H](NC(=O)[C@H](CC(C)C)[C@H](NCCc1ccccc1)C(=O)NO)C(C)(C)C. The van der Waals surface area contributed by atoms with Crippen molar-refractivity contribution in [2.24, 2.45) is 17.3 Å². The molecule has 0 spiro atoms. The second-order valence-corrected chi connectivity index (χ2v) is 9.30. The topological polar surface area (TPSA) is 120 Å². The van der Waals surface area contributed by atoms with Gasteiger partial charge >= 0.3 is 0 Å². The molecule has 0 radical (unpaired) electrons. The van der Waals surface area contributed by atoms with Gasteiger partial charge in [-0.25, -0.2) is 5.48 Å². The van der Waals surface area contributed by atoms with E-state index in [1.807, 2.05) is 65.0 Å². The van der Waals surface area contributed by atoms with Crippen LogP contribution in [0.4, 0.5) is 0 Å². The zero-order valence-corrected chi connectivity index (χ0v) is 19.5. The molecular weight excluding hydrogens is 396 g/mol. The molecule has 3 atom stereocenters. The Hall–Kier alpha value is -2.45. The lowest BCUT2D eigenvalue weighted by Gasteiger charge is -2.33. The molecule has 1 rings (SSSR count). The molecule has 0 aliphatic heterocycles. The van der Waals surface area contributed by atoms with E-state index in [1.165, 1.54) is 7.05 Å². The molecule has 0 bridgehead atoms. The van der Waals surface area contributed by atoms with Gasteiger partial charge in [0.2, 0.25) is 11.8 Å². The predicted molar refractivity (Wildman–Crippen MR) is 120 cm³/mol. The molecule has 0 aromatic heterocycles. The Labute approximate surface area is 185 Å². The van der Waals surface area contributed by atoms with Crippen molar-refractivity contribution in [1.82, 2.24) is 21.4 Å². The van der Waals surface area contributed by atoms with Gasteiger partial charge in [0.25, 0.3) is 5.91 Å². The van der Waals surface area contributed by atoms with Gasteiger partial charge in [-0.1, -0.05) is 65.0 Å². The molecular formula is C23H38N4O4. The first-order chi connectivity index (χ1) is 14.5. The third-order valence-corrected chi connectivity index (χ3v) is 5.14. The molecule has 0 heterocycles. The highest BCUT2D eigenvalue weighted by atomic mass is 16.5. The highest BCUT2D eigenvalue weighted by Gasteiger charge is 2.38. The van der Waals surface area contributed by atoms with Gasteiger partial charge in [-0.2, -0.15) is 0 Å². The predicted octanol–water partition coefficient (Wildman–Crippen LogP) is 1.63. The number of rotatable bonds is 11. The van der Waals surface area contributed by atoms with Crippen molar-refractivity contribution >= 4 is 17.7 Å². The van der Waals surface area contributed by atoms with Crippen LogP contribution in [0.5, 0.6) is 0 Å². The Bertz CT molecular complexity index is 716. The van der Waals surface area contributed by atoms with Crippen LogP contribution < -0.4 is 21.4 Å². The van der Waals surface area contributed by atoms with E-state index >= 15 is 0 Å². The average Bonchev–Trinajstić information content (AvgIpc) is 2.72. The van der Waals surface area contributed by atoms with Crippen LogP contribution in [0.25, 0.3) is 0 Å². The number of likely N-dealkylation sites (N-methyl/N-ethyl adjacent to an activating group) is 1. The fourth-order valence-corrected chi connectivity index (χ4v) is 3.48. The number of carbonyl (C=O) groups excluding carboxylic acids is 3. The number of carbonyl (C=O) groups is 3. The zero-order chi connectivity index (χ0) is 23.6. The minimum Gasteiger partial charge on any atom is -0.357 e. The van der Waals surface area contributed by atoms with Crippen LogP contribution in [0.15, 0.2) is 30.3 Å². The highest BCUT2D eigenvalue weighted by Crippen LogP contribution is 2.22. The van der Waals surface area contributed by atoms with Crippen LogP contribution in [0.2, 0.25) is 0 Å². The maximum Gasteiger partial charge on any atom is 0.261 e. The number of benzene rings is 1. The number of amides is 3. The number of hydrogen-bond acceptors (Lipinski definition) is 5. The molecule has 1 aromatic carbocycles. The summed E-state index contributed by atoms with van der Waals surface area (Å²) in [4.78, 5) is 38.1. The first kappa shape index (κ1) is 26.6. The molecule has 1 aromatic rings. The van der Waals surface area contributed by atoms with Crippen LogP contribution in [0.1, 0.15) is 46.6 Å². The van der Waals surface area contributed by atoms with Gasteiger partial charge in [0.05, 0.1) is 5.92 Å². The maximum atomic E-state index is 13.3. The molecule has 0 unspecified atom stereocenters. The van der Waals surface area contributed by atoms with Gasteiger partial charge < -0.3 is 16.0 Å². The summed E-state index contributed by atoms with van der Waals surface area (Å²) in [5, 5.41) is 17.8. The summed E-state index contributed by atoms with van der Waals surface area (Å²) in [5.41, 5.74) is 2.25. The van der Waals surface area contributed by atoms with Gasteiger partial charge in [-0.05, 0) is 36.3 Å². The van der Waals surface area contributed by atoms with E-state index < -0.39 is 35.2 Å². The Morgan fingerprint density at radius 2 is 1.61 bits per heavy atom. The van der Waals surface area contributed by atoms with Crippen LogP contribution in [0.3, 0.4) is 0 Å². The summed E-state index contributed by atoms with van der Waals surface area (Å²) in [7, 11) is 1.52. The van der Waals surface area contributed by atoms with Crippen molar-refractivity contribution < 1.29 is 19.6 Å². The van der Waals surface area contributed by atoms with Crippen molar-refractivity contribution in [2.75, 3.05) is 13.6 Å². The van der Waals surface area contributed by atoms with Crippen molar-refractivity contribution in [3.05, 3.63) is 35.9 Å². The van der Waals surface area contributed by atoms with Crippen LogP contribution in [-0.4, -0.2) is 48.6 Å². The smallest absolute Gasteiger partial charge is 0.261 e. The van der Waals surface area contributed by atoms with E-state index in [0.29, 0.717) is 19.4 Å². The van der Waals surface area contributed by atoms with E-state index in [4.69, 9.17) is 0 Å². The molecule has 3 amide bonds. The number of hydrogen-bond donors (Lipinski definition) is 5. The largest absolute Gasteiger partial charge is 0.357 e. The second kappa shape index (κ2) is 12.4. The highest BCUT2D eigenvalue weighted by molar-refractivity contribution is 5.93. The Morgan fingerprint density at radius 3 is 2.10 bits per heavy atom. The first-order valence-electron chi connectivity index (χ1n) is 10.7. The van der Waals surface area contributed by atoms with Crippen molar-refractivity contribution in [3.8, 4) is 0 Å². The van der Waals surface area contributed by atoms with Crippen molar-refractivity contribution in [3.63, 3.8) is 0 Å². The molecule has 174 valence electrons. The van der Waals surface area contributed by atoms with Gasteiger partial charge in [-0.15, -0.1) is 0 Å². The fraction of sp³-hybridized carbons (Fsp3) is 0.609. The van der Waals surface area contributed by atoms with Gasteiger partial charge in [-0.3, -0.25) is 19.6 Å². The van der Waals surface area contributed by atoms with Crippen molar-refractivity contribution in [1.29, 1.82) is 0 Å². The Balaban J connectivity index is 3.06. The standard InChI is InChI=1S/C23H38N4O4/c1-15(2)14-17(20(28)26-19(22(30)24-6)23(3,4)5)18(21(29)27-31)25-13-12-16-10-8-7-9-11-16/h7-11,15,17-19,25,31H,12-14H2,1-6H3,(H,24,30)(H,26,28)(H,27,29)/t17-,18+,19-/m1/s1. The van der Waals surface area contributed by atoms with Gasteiger partial charge in [0.1, 0.15) is 12.1 Å². The summed E-state index contributed by atoms with van der Waals surface area (Å²) >= 11 is 0.